The number of anilines is 2. The van der Waals surface area contributed by atoms with Gasteiger partial charge in [0, 0.05) is 38.4 Å². The smallest absolute Gasteiger partial charge is 0.146 e. The third kappa shape index (κ3) is 2.08. The van der Waals surface area contributed by atoms with Gasteiger partial charge in [0.1, 0.15) is 5.82 Å². The fourth-order valence-electron chi connectivity index (χ4n) is 2.50. The lowest BCUT2D eigenvalue weighted by molar-refractivity contribution is 0.0105. The maximum absolute atomic E-state index is 5.87. The summed E-state index contributed by atoms with van der Waals surface area (Å²) in [4.78, 5) is 8.92. The second-order valence-electron chi connectivity index (χ2n) is 4.61. The number of pyridine rings is 1. The van der Waals surface area contributed by atoms with E-state index in [1.165, 1.54) is 0 Å². The van der Waals surface area contributed by atoms with Gasteiger partial charge in [-0.3, -0.25) is 4.90 Å². The average molecular weight is 234 g/mol. The van der Waals surface area contributed by atoms with Crippen LogP contribution in [0.3, 0.4) is 0 Å². The number of nitrogens with two attached hydrogens (primary N) is 1. The fraction of sp³-hybridized carbons (Fsp3) is 0.583. The SMILES string of the molecule is Nc1ncccc1N1CC(N2CCOCC2)C1. The number of hydrogen-bond donors (Lipinski definition) is 1. The van der Waals surface area contributed by atoms with Gasteiger partial charge in [0.05, 0.1) is 18.9 Å². The van der Waals surface area contributed by atoms with E-state index in [0.29, 0.717) is 11.9 Å². The van der Waals surface area contributed by atoms with Crippen LogP contribution in [-0.2, 0) is 4.74 Å². The Bertz CT molecular complexity index is 386. The molecule has 0 aliphatic carbocycles. The summed E-state index contributed by atoms with van der Waals surface area (Å²) in [5.74, 6) is 0.632. The third-order valence-corrected chi connectivity index (χ3v) is 3.58. The molecule has 2 aliphatic heterocycles. The zero-order valence-electron chi connectivity index (χ0n) is 9.88. The molecule has 1 aromatic heterocycles. The molecule has 5 nitrogen and oxygen atoms in total. The van der Waals surface area contributed by atoms with E-state index in [4.69, 9.17) is 10.5 Å². The van der Waals surface area contributed by atoms with Crippen molar-refractivity contribution >= 4 is 11.5 Å². The van der Waals surface area contributed by atoms with Crippen LogP contribution in [0, 0.1) is 0 Å². The first kappa shape index (κ1) is 10.8. The van der Waals surface area contributed by atoms with E-state index in [1.807, 2.05) is 12.1 Å². The first-order valence-corrected chi connectivity index (χ1v) is 6.12. The summed E-state index contributed by atoms with van der Waals surface area (Å²) < 4.78 is 5.36. The summed E-state index contributed by atoms with van der Waals surface area (Å²) in [6.45, 7) is 5.95. The molecule has 0 radical (unpaired) electrons. The predicted octanol–water partition coefficient (Wildman–Crippen LogP) is 0.185. The van der Waals surface area contributed by atoms with Gasteiger partial charge in [0.15, 0.2) is 0 Å². The van der Waals surface area contributed by atoms with E-state index in [2.05, 4.69) is 14.8 Å². The lowest BCUT2D eigenvalue weighted by Gasteiger charge is -2.47. The average Bonchev–Trinajstić information content (AvgIpc) is 2.31. The molecule has 2 N–H and O–H groups in total. The minimum Gasteiger partial charge on any atom is -0.382 e. The number of rotatable bonds is 2. The molecule has 3 rings (SSSR count). The Morgan fingerprint density at radius 3 is 2.76 bits per heavy atom. The molecular weight excluding hydrogens is 216 g/mol. The Kier molecular flexibility index (Phi) is 2.86. The summed E-state index contributed by atoms with van der Waals surface area (Å²) in [6, 6.07) is 4.63. The Morgan fingerprint density at radius 2 is 2.06 bits per heavy atom. The van der Waals surface area contributed by atoms with Crippen LogP contribution < -0.4 is 10.6 Å². The second kappa shape index (κ2) is 4.50. The molecule has 0 amide bonds. The highest BCUT2D eigenvalue weighted by atomic mass is 16.5. The van der Waals surface area contributed by atoms with Crippen molar-refractivity contribution in [2.75, 3.05) is 50.0 Å². The van der Waals surface area contributed by atoms with Crippen LogP contribution in [0.5, 0.6) is 0 Å². The molecule has 5 heteroatoms. The number of hydrogen-bond acceptors (Lipinski definition) is 5. The molecule has 0 spiro atoms. The van der Waals surface area contributed by atoms with E-state index < -0.39 is 0 Å². The molecule has 0 unspecified atom stereocenters. The van der Waals surface area contributed by atoms with Gasteiger partial charge in [-0.2, -0.15) is 0 Å². The van der Waals surface area contributed by atoms with Gasteiger partial charge in [-0.1, -0.05) is 0 Å². The van der Waals surface area contributed by atoms with Gasteiger partial charge in [0.25, 0.3) is 0 Å². The molecule has 3 heterocycles. The molecule has 92 valence electrons. The third-order valence-electron chi connectivity index (χ3n) is 3.58. The quantitative estimate of drug-likeness (QED) is 0.791. The number of aromatic nitrogens is 1. The molecule has 0 bridgehead atoms. The Hall–Kier alpha value is -1.33. The minimum absolute atomic E-state index is 0.632. The largest absolute Gasteiger partial charge is 0.382 e. The van der Waals surface area contributed by atoms with Crippen molar-refractivity contribution < 1.29 is 4.74 Å². The van der Waals surface area contributed by atoms with Gasteiger partial charge in [-0.25, -0.2) is 4.98 Å². The summed E-state index contributed by atoms with van der Waals surface area (Å²) in [5, 5.41) is 0. The van der Waals surface area contributed by atoms with Crippen molar-refractivity contribution in [1.82, 2.24) is 9.88 Å². The zero-order chi connectivity index (χ0) is 11.7. The molecule has 0 saturated carbocycles. The second-order valence-corrected chi connectivity index (χ2v) is 4.61. The minimum atomic E-state index is 0.632. The van der Waals surface area contributed by atoms with E-state index in [0.717, 1.165) is 45.1 Å². The van der Waals surface area contributed by atoms with Crippen molar-refractivity contribution in [2.24, 2.45) is 0 Å². The number of morpholine rings is 1. The maximum Gasteiger partial charge on any atom is 0.146 e. The Labute approximate surface area is 101 Å². The van der Waals surface area contributed by atoms with E-state index >= 15 is 0 Å². The molecule has 2 aliphatic rings. The van der Waals surface area contributed by atoms with Crippen molar-refractivity contribution in [2.45, 2.75) is 6.04 Å². The van der Waals surface area contributed by atoms with E-state index in [1.54, 1.807) is 6.20 Å². The Balaban J connectivity index is 1.59. The van der Waals surface area contributed by atoms with Gasteiger partial charge in [0.2, 0.25) is 0 Å². The summed E-state index contributed by atoms with van der Waals surface area (Å²) in [6.07, 6.45) is 1.73. The molecule has 2 saturated heterocycles. The Morgan fingerprint density at radius 1 is 1.29 bits per heavy atom. The van der Waals surface area contributed by atoms with Crippen molar-refractivity contribution in [3.63, 3.8) is 0 Å². The zero-order valence-corrected chi connectivity index (χ0v) is 9.88. The van der Waals surface area contributed by atoms with Crippen LogP contribution in [-0.4, -0.2) is 55.3 Å². The first-order valence-electron chi connectivity index (χ1n) is 6.12. The van der Waals surface area contributed by atoms with Crippen LogP contribution in [0.4, 0.5) is 11.5 Å². The number of ether oxygens (including phenoxy) is 1. The fourth-order valence-corrected chi connectivity index (χ4v) is 2.50. The number of nitrogen functional groups attached to an aromatic ring is 1. The highest BCUT2D eigenvalue weighted by Gasteiger charge is 2.33. The van der Waals surface area contributed by atoms with Crippen molar-refractivity contribution in [3.8, 4) is 0 Å². The van der Waals surface area contributed by atoms with E-state index in [-0.39, 0.29) is 0 Å². The summed E-state index contributed by atoms with van der Waals surface area (Å²) in [7, 11) is 0. The van der Waals surface area contributed by atoms with Gasteiger partial charge in [-0.05, 0) is 12.1 Å². The van der Waals surface area contributed by atoms with Crippen LogP contribution in [0.1, 0.15) is 0 Å². The summed E-state index contributed by atoms with van der Waals surface area (Å²) >= 11 is 0. The van der Waals surface area contributed by atoms with Crippen LogP contribution in [0.2, 0.25) is 0 Å². The van der Waals surface area contributed by atoms with Gasteiger partial charge in [-0.15, -0.1) is 0 Å². The lowest BCUT2D eigenvalue weighted by Crippen LogP contribution is -2.61. The predicted molar refractivity (Wildman–Crippen MR) is 67.0 cm³/mol. The summed E-state index contributed by atoms with van der Waals surface area (Å²) in [5.41, 5.74) is 6.94. The normalized spacial score (nSPS) is 22.5. The molecule has 0 atom stereocenters. The molecule has 1 aromatic rings. The molecule has 17 heavy (non-hydrogen) atoms. The van der Waals surface area contributed by atoms with Crippen LogP contribution in [0.15, 0.2) is 18.3 Å². The topological polar surface area (TPSA) is 54.6 Å². The monoisotopic (exact) mass is 234 g/mol. The van der Waals surface area contributed by atoms with Gasteiger partial charge >= 0.3 is 0 Å². The standard InChI is InChI=1S/C12H18N4O/c13-12-11(2-1-3-14-12)16-8-10(9-16)15-4-6-17-7-5-15/h1-3,10H,4-9H2,(H2,13,14). The van der Waals surface area contributed by atoms with E-state index in [9.17, 15) is 0 Å². The lowest BCUT2D eigenvalue weighted by atomic mass is 10.1. The first-order chi connectivity index (χ1) is 8.34. The highest BCUT2D eigenvalue weighted by molar-refractivity contribution is 5.64. The van der Waals surface area contributed by atoms with Crippen molar-refractivity contribution in [1.29, 1.82) is 0 Å². The number of nitrogens with zero attached hydrogens (tertiary/aromatic N) is 3. The molecule has 0 aromatic carbocycles. The van der Waals surface area contributed by atoms with Crippen molar-refractivity contribution in [3.05, 3.63) is 18.3 Å². The van der Waals surface area contributed by atoms with Gasteiger partial charge < -0.3 is 15.4 Å². The maximum atomic E-state index is 5.87. The van der Waals surface area contributed by atoms with Crippen LogP contribution >= 0.6 is 0 Å². The van der Waals surface area contributed by atoms with Crippen LogP contribution in [0.25, 0.3) is 0 Å². The highest BCUT2D eigenvalue weighted by Crippen LogP contribution is 2.27. The molecule has 2 fully saturated rings. The molecular formula is C12H18N4O.